The van der Waals surface area contributed by atoms with Crippen molar-refractivity contribution in [3.8, 4) is 0 Å². The molecule has 1 saturated heterocycles. The Hall–Kier alpha value is -1.40. The lowest BCUT2D eigenvalue weighted by Crippen LogP contribution is -2.43. The van der Waals surface area contributed by atoms with Crippen molar-refractivity contribution in [1.29, 1.82) is 0 Å². The molecule has 2 aliphatic rings. The fraction of sp³-hybridized carbons (Fsp3) is 0.714. The molecule has 3 N–H and O–H groups in total. The topological polar surface area (TPSA) is 81.5 Å². The van der Waals surface area contributed by atoms with Crippen LogP contribution in [0.25, 0.3) is 0 Å². The van der Waals surface area contributed by atoms with Crippen molar-refractivity contribution in [2.45, 2.75) is 43.7 Å². The van der Waals surface area contributed by atoms with Gasteiger partial charge in [-0.2, -0.15) is 0 Å². The largest absolute Gasteiger partial charge is 0.394 e. The highest BCUT2D eigenvalue weighted by Gasteiger charge is 2.34. The highest BCUT2D eigenvalue weighted by molar-refractivity contribution is 5.50. The summed E-state index contributed by atoms with van der Waals surface area (Å²) in [6.45, 7) is 1.62. The summed E-state index contributed by atoms with van der Waals surface area (Å²) in [4.78, 5) is 10.6. The Morgan fingerprint density at radius 1 is 1.35 bits per heavy atom. The molecule has 6 heteroatoms. The van der Waals surface area contributed by atoms with Crippen molar-refractivity contribution in [2.24, 2.45) is 0 Å². The molecule has 0 amide bonds. The number of aromatic nitrogens is 2. The maximum absolute atomic E-state index is 10.1. The Morgan fingerprint density at radius 2 is 2.20 bits per heavy atom. The fourth-order valence-corrected chi connectivity index (χ4v) is 2.94. The molecule has 1 atom stereocenters. The molecule has 1 aliphatic carbocycles. The number of nitrogens with zero attached hydrogens (tertiary/aromatic N) is 3. The number of hydrogen-bond acceptors (Lipinski definition) is 6. The van der Waals surface area contributed by atoms with Gasteiger partial charge in [0.1, 0.15) is 18.0 Å². The van der Waals surface area contributed by atoms with E-state index < -0.39 is 5.60 Å². The number of hydrogen-bond donors (Lipinski definition) is 3. The van der Waals surface area contributed by atoms with Crippen LogP contribution in [0.15, 0.2) is 12.4 Å². The summed E-state index contributed by atoms with van der Waals surface area (Å²) < 4.78 is 0. The summed E-state index contributed by atoms with van der Waals surface area (Å²) in [6.07, 6.45) is 6.43. The highest BCUT2D eigenvalue weighted by Crippen LogP contribution is 2.31. The van der Waals surface area contributed by atoms with Crippen LogP contribution in [0.4, 0.5) is 11.6 Å². The number of nitrogens with one attached hydrogen (secondary N) is 1. The van der Waals surface area contributed by atoms with E-state index >= 15 is 0 Å². The first-order valence-corrected chi connectivity index (χ1v) is 7.36. The lowest BCUT2D eigenvalue weighted by molar-refractivity contribution is -0.0202. The summed E-state index contributed by atoms with van der Waals surface area (Å²) in [6, 6.07) is 2.06. The van der Waals surface area contributed by atoms with Gasteiger partial charge in [-0.05, 0) is 32.1 Å². The molecule has 110 valence electrons. The third kappa shape index (κ3) is 2.71. The SMILES string of the molecule is OCC1CCCN1c1cc(NCC2(O)CCC2)ncn1. The molecule has 0 bridgehead atoms. The average Bonchev–Trinajstić information content (AvgIpc) is 2.92. The van der Waals surface area contributed by atoms with Gasteiger partial charge in [-0.25, -0.2) is 9.97 Å². The molecule has 0 radical (unpaired) electrons. The van der Waals surface area contributed by atoms with E-state index in [1.54, 1.807) is 0 Å². The molecule has 1 unspecified atom stereocenters. The van der Waals surface area contributed by atoms with Gasteiger partial charge >= 0.3 is 0 Å². The van der Waals surface area contributed by atoms with Gasteiger partial charge in [-0.3, -0.25) is 0 Å². The fourth-order valence-electron chi connectivity index (χ4n) is 2.94. The first kappa shape index (κ1) is 13.6. The van der Waals surface area contributed by atoms with Crippen LogP contribution in [0.1, 0.15) is 32.1 Å². The monoisotopic (exact) mass is 278 g/mol. The van der Waals surface area contributed by atoms with Gasteiger partial charge in [-0.15, -0.1) is 0 Å². The van der Waals surface area contributed by atoms with E-state index in [-0.39, 0.29) is 12.6 Å². The molecule has 0 spiro atoms. The van der Waals surface area contributed by atoms with Gasteiger partial charge in [-0.1, -0.05) is 0 Å². The lowest BCUT2D eigenvalue weighted by atomic mass is 9.80. The Labute approximate surface area is 118 Å². The second-order valence-corrected chi connectivity index (χ2v) is 5.86. The van der Waals surface area contributed by atoms with Crippen LogP contribution < -0.4 is 10.2 Å². The zero-order valence-electron chi connectivity index (χ0n) is 11.6. The Balaban J connectivity index is 1.66. The van der Waals surface area contributed by atoms with Gasteiger partial charge in [0.2, 0.25) is 0 Å². The van der Waals surface area contributed by atoms with Gasteiger partial charge in [0.05, 0.1) is 18.2 Å². The standard InChI is InChI=1S/C14H22N4O2/c19-8-11-3-1-6-18(11)13-7-12(16-10-17-13)15-9-14(20)4-2-5-14/h7,10-11,19-20H,1-6,8-9H2,(H,15,16,17). The quantitative estimate of drug-likeness (QED) is 0.738. The van der Waals surface area contributed by atoms with Gasteiger partial charge < -0.3 is 20.4 Å². The number of rotatable bonds is 5. The summed E-state index contributed by atoms with van der Waals surface area (Å²) in [5, 5.41) is 22.7. The third-order valence-electron chi connectivity index (χ3n) is 4.42. The van der Waals surface area contributed by atoms with Crippen LogP contribution in [0.3, 0.4) is 0 Å². The van der Waals surface area contributed by atoms with E-state index in [9.17, 15) is 10.2 Å². The number of anilines is 2. The van der Waals surface area contributed by atoms with Crippen LogP contribution >= 0.6 is 0 Å². The summed E-state index contributed by atoms with van der Waals surface area (Å²) in [7, 11) is 0. The van der Waals surface area contributed by atoms with E-state index in [1.165, 1.54) is 6.33 Å². The van der Waals surface area contributed by atoms with Crippen molar-refractivity contribution in [3.05, 3.63) is 12.4 Å². The van der Waals surface area contributed by atoms with Crippen LogP contribution in [0, 0.1) is 0 Å². The lowest BCUT2D eigenvalue weighted by Gasteiger charge is -2.36. The van der Waals surface area contributed by atoms with Gasteiger partial charge in [0.25, 0.3) is 0 Å². The van der Waals surface area contributed by atoms with Crippen LogP contribution in [0.5, 0.6) is 0 Å². The molecule has 1 saturated carbocycles. The highest BCUT2D eigenvalue weighted by atomic mass is 16.3. The van der Waals surface area contributed by atoms with Crippen molar-refractivity contribution in [1.82, 2.24) is 9.97 Å². The number of aliphatic hydroxyl groups is 2. The minimum Gasteiger partial charge on any atom is -0.394 e. The Kier molecular flexibility index (Phi) is 3.76. The van der Waals surface area contributed by atoms with E-state index in [1.807, 2.05) is 6.07 Å². The predicted octanol–water partition coefficient (Wildman–Crippen LogP) is 0.765. The second-order valence-electron chi connectivity index (χ2n) is 5.86. The van der Waals surface area contributed by atoms with E-state index in [2.05, 4.69) is 20.2 Å². The molecule has 6 nitrogen and oxygen atoms in total. The summed E-state index contributed by atoms with van der Waals surface area (Å²) in [5.41, 5.74) is -0.563. The predicted molar refractivity (Wildman–Crippen MR) is 76.8 cm³/mol. The maximum atomic E-state index is 10.1. The molecule has 20 heavy (non-hydrogen) atoms. The summed E-state index contributed by atoms with van der Waals surface area (Å²) in [5.74, 6) is 1.58. The van der Waals surface area contributed by atoms with E-state index in [0.717, 1.165) is 50.3 Å². The zero-order chi connectivity index (χ0) is 14.0. The summed E-state index contributed by atoms with van der Waals surface area (Å²) >= 11 is 0. The first-order chi connectivity index (χ1) is 9.70. The van der Waals surface area contributed by atoms with Crippen molar-refractivity contribution in [3.63, 3.8) is 0 Å². The van der Waals surface area contributed by atoms with Gasteiger partial charge in [0, 0.05) is 19.2 Å². The van der Waals surface area contributed by atoms with Crippen molar-refractivity contribution in [2.75, 3.05) is 29.9 Å². The number of aliphatic hydroxyl groups excluding tert-OH is 1. The third-order valence-corrected chi connectivity index (χ3v) is 4.42. The van der Waals surface area contributed by atoms with Crippen LogP contribution in [-0.2, 0) is 0 Å². The molecule has 1 aliphatic heterocycles. The van der Waals surface area contributed by atoms with E-state index in [0.29, 0.717) is 6.54 Å². The molecule has 1 aromatic heterocycles. The Morgan fingerprint density at radius 3 is 2.90 bits per heavy atom. The van der Waals surface area contributed by atoms with Gasteiger partial charge in [0.15, 0.2) is 0 Å². The minimum atomic E-state index is -0.563. The zero-order valence-corrected chi connectivity index (χ0v) is 11.6. The molecular formula is C14H22N4O2. The molecule has 2 heterocycles. The van der Waals surface area contributed by atoms with E-state index in [4.69, 9.17) is 0 Å². The van der Waals surface area contributed by atoms with Crippen LogP contribution in [0.2, 0.25) is 0 Å². The van der Waals surface area contributed by atoms with Crippen molar-refractivity contribution < 1.29 is 10.2 Å². The second kappa shape index (κ2) is 5.54. The molecule has 2 fully saturated rings. The Bertz CT molecular complexity index is 464. The first-order valence-electron chi connectivity index (χ1n) is 7.36. The maximum Gasteiger partial charge on any atom is 0.134 e. The van der Waals surface area contributed by atoms with Crippen molar-refractivity contribution >= 4 is 11.6 Å². The molecule has 3 rings (SSSR count). The minimum absolute atomic E-state index is 0.159. The van der Waals surface area contributed by atoms with Crippen LogP contribution in [-0.4, -0.2) is 51.5 Å². The molecule has 1 aromatic rings. The molecule has 0 aromatic carbocycles. The smallest absolute Gasteiger partial charge is 0.134 e. The normalized spacial score (nSPS) is 24.5. The average molecular weight is 278 g/mol. The molecular weight excluding hydrogens is 256 g/mol.